The maximum Gasteiger partial charge on any atom is 0.326 e. The van der Waals surface area contributed by atoms with Crippen molar-refractivity contribution in [2.24, 2.45) is 0 Å². The summed E-state index contributed by atoms with van der Waals surface area (Å²) in [7, 11) is -3.81. The first-order valence-corrected chi connectivity index (χ1v) is 10.4. The Morgan fingerprint density at radius 1 is 1.40 bits per heavy atom. The average Bonchev–Trinajstić information content (AvgIpc) is 3.09. The third kappa shape index (κ3) is 4.78. The van der Waals surface area contributed by atoms with Crippen LogP contribution in [0.1, 0.15) is 35.9 Å². The minimum Gasteiger partial charge on any atom is -0.480 e. The van der Waals surface area contributed by atoms with Gasteiger partial charge in [-0.05, 0) is 17.9 Å². The maximum absolute atomic E-state index is 12.7. The number of thiophene rings is 1. The third-order valence-electron chi connectivity index (χ3n) is 3.87. The van der Waals surface area contributed by atoms with Crippen molar-refractivity contribution >= 4 is 33.2 Å². The van der Waals surface area contributed by atoms with Crippen LogP contribution in [0.2, 0.25) is 0 Å². The molecule has 1 aromatic heterocycles. The summed E-state index contributed by atoms with van der Waals surface area (Å²) in [5.74, 6) is -1.80. The van der Waals surface area contributed by atoms with Crippen LogP contribution >= 0.6 is 11.3 Å². The lowest BCUT2D eigenvalue weighted by molar-refractivity contribution is -0.139. The molecular formula is C15H22N2O6S2. The van der Waals surface area contributed by atoms with Crippen LogP contribution < -0.4 is 5.32 Å². The average molecular weight is 390 g/mol. The number of carbonyl (C=O) groups excluding carboxylic acids is 1. The zero-order valence-corrected chi connectivity index (χ0v) is 15.6. The van der Waals surface area contributed by atoms with Crippen LogP contribution in [0.3, 0.4) is 0 Å². The summed E-state index contributed by atoms with van der Waals surface area (Å²) < 4.78 is 31.9. The molecule has 2 N–H and O–H groups in total. The maximum atomic E-state index is 12.7. The zero-order valence-electron chi connectivity index (χ0n) is 13.9. The van der Waals surface area contributed by atoms with Crippen LogP contribution in [-0.4, -0.2) is 62.1 Å². The van der Waals surface area contributed by atoms with Crippen LogP contribution in [0.25, 0.3) is 0 Å². The lowest BCUT2D eigenvalue weighted by Crippen LogP contribution is -2.42. The van der Waals surface area contributed by atoms with E-state index in [2.05, 4.69) is 5.32 Å². The molecule has 0 radical (unpaired) electrons. The molecule has 0 aliphatic carbocycles. The number of carboxylic acids is 1. The van der Waals surface area contributed by atoms with E-state index in [1.165, 1.54) is 15.8 Å². The summed E-state index contributed by atoms with van der Waals surface area (Å²) in [6, 6.07) is 0.347. The highest BCUT2D eigenvalue weighted by molar-refractivity contribution is 7.89. The molecule has 1 saturated heterocycles. The lowest BCUT2D eigenvalue weighted by Gasteiger charge is -2.26. The largest absolute Gasteiger partial charge is 0.480 e. The number of hydrogen-bond acceptors (Lipinski definition) is 6. The van der Waals surface area contributed by atoms with Gasteiger partial charge in [0.15, 0.2) is 0 Å². The van der Waals surface area contributed by atoms with Gasteiger partial charge in [0.25, 0.3) is 5.91 Å². The second kappa shape index (κ2) is 8.75. The second-order valence-corrected chi connectivity index (χ2v) is 8.46. The summed E-state index contributed by atoms with van der Waals surface area (Å²) in [6.45, 7) is 3.00. The standard InChI is InChI=1S/C15H22N2O6S2/c1-2-3-4-11(15(19)20)16-14(18)13-12(5-10-24-13)25(21,22)17-6-8-23-9-7-17/h5,10-11H,2-4,6-9H2,1H3,(H,16,18)(H,19,20). The number of nitrogens with one attached hydrogen (secondary N) is 1. The van der Waals surface area contributed by atoms with Gasteiger partial charge in [0.05, 0.1) is 13.2 Å². The Bertz CT molecular complexity index is 709. The van der Waals surface area contributed by atoms with Gasteiger partial charge in [-0.15, -0.1) is 11.3 Å². The van der Waals surface area contributed by atoms with Gasteiger partial charge in [-0.3, -0.25) is 4.79 Å². The molecule has 1 atom stereocenters. The molecule has 0 aromatic carbocycles. The Labute approximate surface area is 150 Å². The number of morpholine rings is 1. The fraction of sp³-hybridized carbons (Fsp3) is 0.600. The Balaban J connectivity index is 2.19. The number of carboxylic acid groups (broad SMARTS) is 1. The van der Waals surface area contributed by atoms with Gasteiger partial charge in [-0.1, -0.05) is 19.8 Å². The van der Waals surface area contributed by atoms with Crippen LogP contribution in [0, 0.1) is 0 Å². The van der Waals surface area contributed by atoms with E-state index >= 15 is 0 Å². The molecule has 1 aromatic rings. The van der Waals surface area contributed by atoms with Gasteiger partial charge in [-0.25, -0.2) is 13.2 Å². The Morgan fingerprint density at radius 2 is 2.08 bits per heavy atom. The number of hydrogen-bond donors (Lipinski definition) is 2. The SMILES string of the molecule is CCCCC(NC(=O)c1sccc1S(=O)(=O)N1CCOCC1)C(=O)O. The van der Waals surface area contributed by atoms with E-state index < -0.39 is 27.9 Å². The fourth-order valence-electron chi connectivity index (χ4n) is 2.48. The lowest BCUT2D eigenvalue weighted by atomic mass is 10.1. The number of carbonyl (C=O) groups is 2. The molecule has 10 heteroatoms. The molecule has 1 amide bonds. The molecule has 0 spiro atoms. The highest BCUT2D eigenvalue weighted by Gasteiger charge is 2.32. The monoisotopic (exact) mass is 390 g/mol. The molecule has 140 valence electrons. The molecule has 1 unspecified atom stereocenters. The second-order valence-electron chi connectivity index (χ2n) is 5.64. The van der Waals surface area contributed by atoms with Gasteiger partial charge in [-0.2, -0.15) is 4.31 Å². The smallest absolute Gasteiger partial charge is 0.326 e. The molecule has 25 heavy (non-hydrogen) atoms. The van der Waals surface area contributed by atoms with E-state index in [4.69, 9.17) is 4.74 Å². The third-order valence-corrected chi connectivity index (χ3v) is 6.86. The van der Waals surface area contributed by atoms with Crippen molar-refractivity contribution in [2.75, 3.05) is 26.3 Å². The summed E-state index contributed by atoms with van der Waals surface area (Å²) in [5, 5.41) is 13.2. The molecule has 0 saturated carbocycles. The molecular weight excluding hydrogens is 368 g/mol. The molecule has 0 bridgehead atoms. The van der Waals surface area contributed by atoms with Crippen molar-refractivity contribution in [3.05, 3.63) is 16.3 Å². The van der Waals surface area contributed by atoms with Gasteiger partial charge in [0, 0.05) is 13.1 Å². The van der Waals surface area contributed by atoms with E-state index in [0.717, 1.165) is 17.8 Å². The normalized spacial score (nSPS) is 17.2. The Kier molecular flexibility index (Phi) is 6.94. The van der Waals surface area contributed by atoms with Crippen molar-refractivity contribution in [2.45, 2.75) is 37.1 Å². The van der Waals surface area contributed by atoms with Crippen LogP contribution in [0.4, 0.5) is 0 Å². The van der Waals surface area contributed by atoms with E-state index in [1.807, 2.05) is 6.92 Å². The van der Waals surface area contributed by atoms with Crippen molar-refractivity contribution in [1.82, 2.24) is 9.62 Å². The number of sulfonamides is 1. The minimum absolute atomic E-state index is 0.00856. The molecule has 8 nitrogen and oxygen atoms in total. The van der Waals surface area contributed by atoms with Crippen LogP contribution in [-0.2, 0) is 19.6 Å². The number of rotatable bonds is 8. The number of nitrogens with zero attached hydrogens (tertiary/aromatic N) is 1. The molecule has 1 aliphatic rings. The predicted octanol–water partition coefficient (Wildman–Crippen LogP) is 1.14. The molecule has 1 aliphatic heterocycles. The molecule has 2 heterocycles. The fourth-order valence-corrected chi connectivity index (χ4v) is 5.19. The van der Waals surface area contributed by atoms with Crippen LogP contribution in [0.5, 0.6) is 0 Å². The molecule has 1 fully saturated rings. The Hall–Kier alpha value is -1.49. The van der Waals surface area contributed by atoms with E-state index in [9.17, 15) is 23.1 Å². The summed E-state index contributed by atoms with van der Waals surface area (Å²) in [6.07, 6.45) is 1.75. The van der Waals surface area contributed by atoms with Crippen molar-refractivity contribution in [3.8, 4) is 0 Å². The van der Waals surface area contributed by atoms with Crippen LogP contribution in [0.15, 0.2) is 16.3 Å². The number of aliphatic carboxylic acids is 1. The zero-order chi connectivity index (χ0) is 18.4. The van der Waals surface area contributed by atoms with Crippen molar-refractivity contribution < 1.29 is 27.9 Å². The predicted molar refractivity (Wildman–Crippen MR) is 92.3 cm³/mol. The topological polar surface area (TPSA) is 113 Å². The molecule has 2 rings (SSSR count). The van der Waals surface area contributed by atoms with Crippen molar-refractivity contribution in [1.29, 1.82) is 0 Å². The number of ether oxygens (including phenoxy) is 1. The van der Waals surface area contributed by atoms with E-state index in [0.29, 0.717) is 26.1 Å². The van der Waals surface area contributed by atoms with E-state index in [-0.39, 0.29) is 22.9 Å². The van der Waals surface area contributed by atoms with Gasteiger partial charge in [0.1, 0.15) is 15.8 Å². The number of unbranched alkanes of at least 4 members (excludes halogenated alkanes) is 1. The number of amides is 1. The summed E-state index contributed by atoms with van der Waals surface area (Å²) in [5.41, 5.74) is 0. The van der Waals surface area contributed by atoms with E-state index in [1.54, 1.807) is 0 Å². The Morgan fingerprint density at radius 3 is 2.68 bits per heavy atom. The van der Waals surface area contributed by atoms with Gasteiger partial charge in [0.2, 0.25) is 10.0 Å². The first-order chi connectivity index (χ1) is 11.9. The van der Waals surface area contributed by atoms with Crippen molar-refractivity contribution in [3.63, 3.8) is 0 Å². The van der Waals surface area contributed by atoms with Gasteiger partial charge >= 0.3 is 5.97 Å². The minimum atomic E-state index is -3.81. The van der Waals surface area contributed by atoms with Gasteiger partial charge < -0.3 is 15.2 Å². The highest BCUT2D eigenvalue weighted by Crippen LogP contribution is 2.26. The summed E-state index contributed by atoms with van der Waals surface area (Å²) in [4.78, 5) is 23.7. The first-order valence-electron chi connectivity index (χ1n) is 8.07. The quantitative estimate of drug-likeness (QED) is 0.688. The first kappa shape index (κ1) is 19.8. The summed E-state index contributed by atoms with van der Waals surface area (Å²) >= 11 is 0.984. The highest BCUT2D eigenvalue weighted by atomic mass is 32.2.